The minimum absolute atomic E-state index is 0.0107. The summed E-state index contributed by atoms with van der Waals surface area (Å²) in [5.74, 6) is -3.71. The van der Waals surface area contributed by atoms with Crippen molar-refractivity contribution < 1.29 is 23.1 Å². The fraction of sp³-hybridized carbons (Fsp3) is 0.526. The van der Waals surface area contributed by atoms with Crippen LogP contribution >= 0.6 is 0 Å². The maximum absolute atomic E-state index is 13.0. The minimum Gasteiger partial charge on any atom is -0.471 e. The zero-order valence-electron chi connectivity index (χ0n) is 16.7. The molecule has 8 nitrogen and oxygen atoms in total. The standard InChI is InChI=1S/C19H25F2N5O3/c1-10-7-14(24-25-15(10)29-9-18(4,20)21)11(2)26-8-19(17(22)23-12(3)27)6-5-13(19)16(26)28/h5-7,11,13,24-25H,8-9H2,1-4H3,(H2,22,23,27). The van der Waals surface area contributed by atoms with Crippen LogP contribution in [0.2, 0.25) is 0 Å². The molecule has 2 aliphatic heterocycles. The van der Waals surface area contributed by atoms with Crippen molar-refractivity contribution in [1.29, 1.82) is 5.41 Å². The van der Waals surface area contributed by atoms with Gasteiger partial charge in [0.25, 0.3) is 5.92 Å². The smallest absolute Gasteiger partial charge is 0.278 e. The molecule has 0 saturated carbocycles. The Labute approximate surface area is 167 Å². The number of likely N-dealkylation sites (tertiary alicyclic amines) is 1. The fourth-order valence-corrected chi connectivity index (χ4v) is 3.66. The molecule has 3 unspecified atom stereocenters. The highest BCUT2D eigenvalue weighted by atomic mass is 19.3. The van der Waals surface area contributed by atoms with Gasteiger partial charge in [0, 0.05) is 26.0 Å². The fourth-order valence-electron chi connectivity index (χ4n) is 3.66. The molecule has 0 aromatic rings. The number of ether oxygens (including phenoxy) is 1. The number of amidine groups is 1. The number of carbonyl (C=O) groups excluding carboxylic acids is 2. The summed E-state index contributed by atoms with van der Waals surface area (Å²) in [6.45, 7) is 5.16. The van der Waals surface area contributed by atoms with Gasteiger partial charge >= 0.3 is 0 Å². The first-order valence-corrected chi connectivity index (χ1v) is 9.26. The van der Waals surface area contributed by atoms with E-state index in [0.29, 0.717) is 11.3 Å². The summed E-state index contributed by atoms with van der Waals surface area (Å²) >= 11 is 0. The summed E-state index contributed by atoms with van der Waals surface area (Å²) in [5.41, 5.74) is 6.11. The largest absolute Gasteiger partial charge is 0.471 e. The molecular weight excluding hydrogens is 384 g/mol. The van der Waals surface area contributed by atoms with Crippen LogP contribution in [0.1, 0.15) is 27.7 Å². The number of fused-ring (bicyclic) bond motifs is 1. The molecule has 2 amide bonds. The highest BCUT2D eigenvalue weighted by Gasteiger charge is 2.58. The zero-order chi connectivity index (χ0) is 21.6. The molecule has 0 spiro atoms. The van der Waals surface area contributed by atoms with Crippen molar-refractivity contribution in [2.24, 2.45) is 11.3 Å². The van der Waals surface area contributed by atoms with Crippen molar-refractivity contribution in [1.82, 2.24) is 21.1 Å². The lowest BCUT2D eigenvalue weighted by atomic mass is 9.68. The van der Waals surface area contributed by atoms with E-state index in [-0.39, 0.29) is 36.1 Å². The monoisotopic (exact) mass is 409 g/mol. The number of amides is 2. The summed E-state index contributed by atoms with van der Waals surface area (Å²) in [7, 11) is 0. The van der Waals surface area contributed by atoms with E-state index in [1.54, 1.807) is 30.1 Å². The van der Waals surface area contributed by atoms with Crippen molar-refractivity contribution in [3.8, 4) is 0 Å². The van der Waals surface area contributed by atoms with Gasteiger partial charge in [0.2, 0.25) is 17.7 Å². The molecule has 158 valence electrons. The van der Waals surface area contributed by atoms with Gasteiger partial charge in [-0.2, -0.15) is 0 Å². The molecule has 1 aliphatic carbocycles. The Bertz CT molecular complexity index is 845. The summed E-state index contributed by atoms with van der Waals surface area (Å²) in [4.78, 5) is 25.9. The van der Waals surface area contributed by atoms with E-state index in [9.17, 15) is 18.4 Å². The second-order valence-electron chi connectivity index (χ2n) is 7.80. The van der Waals surface area contributed by atoms with Gasteiger partial charge in [-0.05, 0) is 19.9 Å². The van der Waals surface area contributed by atoms with E-state index in [1.807, 2.05) is 6.92 Å². The first kappa shape index (κ1) is 20.8. The zero-order valence-corrected chi connectivity index (χ0v) is 16.7. The highest BCUT2D eigenvalue weighted by molar-refractivity contribution is 6.06. The maximum Gasteiger partial charge on any atom is 0.278 e. The Morgan fingerprint density at radius 2 is 2.21 bits per heavy atom. The SMILES string of the molecule is CC(=O)NC(=N)C12C=CC1C(=O)N(C(C)C1=CC(C)=C(OCC(C)(F)F)NN1)C2. The van der Waals surface area contributed by atoms with Gasteiger partial charge in [-0.25, -0.2) is 8.78 Å². The molecule has 3 rings (SSSR count). The second kappa shape index (κ2) is 7.16. The Balaban J connectivity index is 1.74. The van der Waals surface area contributed by atoms with Gasteiger partial charge in [-0.3, -0.25) is 20.4 Å². The molecule has 3 atom stereocenters. The molecule has 29 heavy (non-hydrogen) atoms. The molecule has 4 N–H and O–H groups in total. The van der Waals surface area contributed by atoms with Gasteiger partial charge in [0.15, 0.2) is 6.61 Å². The van der Waals surface area contributed by atoms with E-state index in [1.165, 1.54) is 6.92 Å². The number of rotatable bonds is 6. The normalized spacial score (nSPS) is 26.7. The van der Waals surface area contributed by atoms with Crippen molar-refractivity contribution in [3.05, 3.63) is 35.4 Å². The van der Waals surface area contributed by atoms with Crippen LogP contribution < -0.4 is 16.2 Å². The predicted molar refractivity (Wildman–Crippen MR) is 101 cm³/mol. The van der Waals surface area contributed by atoms with Crippen LogP contribution in [-0.4, -0.2) is 47.7 Å². The topological polar surface area (TPSA) is 107 Å². The molecular formula is C19H25F2N5O3. The minimum atomic E-state index is -2.95. The number of hydrazine groups is 1. The van der Waals surface area contributed by atoms with Crippen LogP contribution in [0.25, 0.3) is 0 Å². The number of alkyl halides is 2. The first-order valence-electron chi connectivity index (χ1n) is 9.26. The molecule has 0 radical (unpaired) electrons. The third-order valence-corrected chi connectivity index (χ3v) is 5.33. The molecule has 0 bridgehead atoms. The molecule has 2 heterocycles. The van der Waals surface area contributed by atoms with E-state index in [2.05, 4.69) is 16.2 Å². The van der Waals surface area contributed by atoms with Gasteiger partial charge in [-0.1, -0.05) is 12.2 Å². The van der Waals surface area contributed by atoms with Crippen molar-refractivity contribution >= 4 is 17.6 Å². The van der Waals surface area contributed by atoms with Crippen molar-refractivity contribution in [3.63, 3.8) is 0 Å². The predicted octanol–water partition coefficient (Wildman–Crippen LogP) is 1.40. The summed E-state index contributed by atoms with van der Waals surface area (Å²) in [6, 6.07) is -0.367. The number of nitrogens with one attached hydrogen (secondary N) is 4. The molecule has 10 heteroatoms. The second-order valence-corrected chi connectivity index (χ2v) is 7.80. The first-order chi connectivity index (χ1) is 13.4. The molecule has 0 aromatic heterocycles. The Morgan fingerprint density at radius 1 is 1.52 bits per heavy atom. The number of nitrogens with zero attached hydrogens (tertiary/aromatic N) is 1. The summed E-state index contributed by atoms with van der Waals surface area (Å²) in [6.07, 6.45) is 5.26. The van der Waals surface area contributed by atoms with Crippen LogP contribution in [0.4, 0.5) is 8.78 Å². The Morgan fingerprint density at radius 3 is 2.72 bits per heavy atom. The van der Waals surface area contributed by atoms with E-state index >= 15 is 0 Å². The lowest BCUT2D eigenvalue weighted by Crippen LogP contribution is -2.50. The van der Waals surface area contributed by atoms with E-state index in [4.69, 9.17) is 10.1 Å². The van der Waals surface area contributed by atoms with Crippen molar-refractivity contribution in [2.75, 3.05) is 13.2 Å². The van der Waals surface area contributed by atoms with Crippen molar-refractivity contribution in [2.45, 2.75) is 39.7 Å². The molecule has 0 aromatic carbocycles. The number of hydrogen-bond acceptors (Lipinski definition) is 6. The number of allylic oxidation sites excluding steroid dienone is 2. The van der Waals surface area contributed by atoms with Crippen LogP contribution in [0.3, 0.4) is 0 Å². The third-order valence-electron chi connectivity index (χ3n) is 5.33. The van der Waals surface area contributed by atoms with Gasteiger partial charge in [-0.15, -0.1) is 0 Å². The van der Waals surface area contributed by atoms with Crippen LogP contribution in [0.15, 0.2) is 35.4 Å². The lowest BCUT2D eigenvalue weighted by molar-refractivity contribution is -0.131. The maximum atomic E-state index is 13.0. The average Bonchev–Trinajstić information content (AvgIpc) is 2.77. The lowest BCUT2D eigenvalue weighted by Gasteiger charge is -2.36. The van der Waals surface area contributed by atoms with Crippen LogP contribution in [0, 0.1) is 16.7 Å². The van der Waals surface area contributed by atoms with Crippen LogP contribution in [0.5, 0.6) is 0 Å². The quantitative estimate of drug-likeness (QED) is 0.301. The average molecular weight is 409 g/mol. The van der Waals surface area contributed by atoms with Gasteiger partial charge in [0.1, 0.15) is 5.84 Å². The van der Waals surface area contributed by atoms with Crippen LogP contribution in [-0.2, 0) is 14.3 Å². The van der Waals surface area contributed by atoms with E-state index < -0.39 is 23.9 Å². The number of hydrogen-bond donors (Lipinski definition) is 4. The summed E-state index contributed by atoms with van der Waals surface area (Å²) < 4.78 is 31.1. The van der Waals surface area contributed by atoms with E-state index in [0.717, 1.165) is 6.92 Å². The van der Waals surface area contributed by atoms with Gasteiger partial charge < -0.3 is 20.4 Å². The number of carbonyl (C=O) groups is 2. The summed E-state index contributed by atoms with van der Waals surface area (Å²) in [5, 5.41) is 10.7. The molecule has 1 saturated heterocycles. The van der Waals surface area contributed by atoms with Gasteiger partial charge in [0.05, 0.1) is 23.1 Å². The molecule has 3 aliphatic rings. The number of halogens is 2. The Kier molecular flexibility index (Phi) is 5.14. The Hall–Kier alpha value is -2.91. The third kappa shape index (κ3) is 3.83. The highest BCUT2D eigenvalue weighted by Crippen LogP contribution is 2.47. The molecule has 1 fully saturated rings.